The van der Waals surface area contributed by atoms with Crippen molar-refractivity contribution >= 4 is 11.8 Å². The molecule has 0 bridgehead atoms. The van der Waals surface area contributed by atoms with Crippen LogP contribution in [0.4, 0.5) is 10.2 Å². The lowest BCUT2D eigenvalue weighted by atomic mass is 10.0. The first kappa shape index (κ1) is 15.1. The zero-order valence-corrected chi connectivity index (χ0v) is 13.3. The van der Waals surface area contributed by atoms with Gasteiger partial charge in [0.25, 0.3) is 0 Å². The van der Waals surface area contributed by atoms with Crippen LogP contribution in [0, 0.1) is 18.7 Å². The molecular formula is C18H18FN3O2. The number of aromatic nitrogens is 2. The number of nitrogens with one attached hydrogen (secondary N) is 1. The van der Waals surface area contributed by atoms with Crippen molar-refractivity contribution in [1.82, 2.24) is 9.97 Å². The number of fused-ring (bicyclic) bond motifs is 1. The number of benzene rings is 1. The number of carboxylic acids is 1. The van der Waals surface area contributed by atoms with Crippen LogP contribution in [0.15, 0.2) is 24.5 Å². The van der Waals surface area contributed by atoms with Gasteiger partial charge in [0.1, 0.15) is 11.6 Å². The lowest BCUT2D eigenvalue weighted by molar-refractivity contribution is -0.138. The SMILES string of the molecule is Cc1ccc(F)c2c1CC[C@H]2Nc1cnc([C@H]2C[C@@H]2C(=O)O)cn1. The van der Waals surface area contributed by atoms with Crippen molar-refractivity contribution in [2.75, 3.05) is 5.32 Å². The topological polar surface area (TPSA) is 75.1 Å². The van der Waals surface area contributed by atoms with Crippen LogP contribution in [0.2, 0.25) is 0 Å². The van der Waals surface area contributed by atoms with Crippen molar-refractivity contribution in [3.63, 3.8) is 0 Å². The summed E-state index contributed by atoms with van der Waals surface area (Å²) in [5.74, 6) is -0.742. The van der Waals surface area contributed by atoms with Gasteiger partial charge in [0.2, 0.25) is 0 Å². The number of hydrogen-bond acceptors (Lipinski definition) is 4. The molecule has 0 amide bonds. The summed E-state index contributed by atoms with van der Waals surface area (Å²) < 4.78 is 14.2. The molecule has 2 aliphatic carbocycles. The maximum absolute atomic E-state index is 14.2. The molecule has 0 radical (unpaired) electrons. The van der Waals surface area contributed by atoms with Crippen LogP contribution in [0.1, 0.15) is 47.2 Å². The summed E-state index contributed by atoms with van der Waals surface area (Å²) in [4.78, 5) is 19.6. The van der Waals surface area contributed by atoms with E-state index in [0.717, 1.165) is 29.5 Å². The van der Waals surface area contributed by atoms with Crippen LogP contribution < -0.4 is 5.32 Å². The predicted molar refractivity (Wildman–Crippen MR) is 86.3 cm³/mol. The zero-order valence-electron chi connectivity index (χ0n) is 13.3. The minimum Gasteiger partial charge on any atom is -0.481 e. The van der Waals surface area contributed by atoms with Crippen LogP contribution in [0.25, 0.3) is 0 Å². The molecule has 4 rings (SSSR count). The molecule has 2 aliphatic rings. The highest BCUT2D eigenvalue weighted by Gasteiger charge is 2.45. The molecule has 1 aromatic carbocycles. The summed E-state index contributed by atoms with van der Waals surface area (Å²) in [6.07, 6.45) is 5.53. The van der Waals surface area contributed by atoms with E-state index in [1.807, 2.05) is 13.0 Å². The highest BCUT2D eigenvalue weighted by molar-refractivity contribution is 5.75. The molecule has 1 saturated carbocycles. The summed E-state index contributed by atoms with van der Waals surface area (Å²) in [7, 11) is 0. The van der Waals surface area contributed by atoms with Gasteiger partial charge in [-0.1, -0.05) is 6.07 Å². The molecule has 6 heteroatoms. The number of aliphatic carboxylic acids is 1. The van der Waals surface area contributed by atoms with Crippen molar-refractivity contribution in [1.29, 1.82) is 0 Å². The second kappa shape index (κ2) is 5.54. The van der Waals surface area contributed by atoms with Gasteiger partial charge in [0, 0.05) is 11.5 Å². The van der Waals surface area contributed by atoms with E-state index in [1.165, 1.54) is 6.07 Å². The Hall–Kier alpha value is -2.50. The monoisotopic (exact) mass is 327 g/mol. The zero-order chi connectivity index (χ0) is 16.8. The van der Waals surface area contributed by atoms with Crippen molar-refractivity contribution in [3.8, 4) is 0 Å². The minimum atomic E-state index is -0.780. The maximum atomic E-state index is 14.2. The molecule has 0 spiro atoms. The quantitative estimate of drug-likeness (QED) is 0.902. The summed E-state index contributed by atoms with van der Waals surface area (Å²) >= 11 is 0. The van der Waals surface area contributed by atoms with Crippen LogP contribution >= 0.6 is 0 Å². The largest absolute Gasteiger partial charge is 0.481 e. The molecule has 3 atom stereocenters. The third-order valence-corrected chi connectivity index (χ3v) is 5.05. The summed E-state index contributed by atoms with van der Waals surface area (Å²) in [5.41, 5.74) is 3.64. The Morgan fingerprint density at radius 3 is 2.83 bits per heavy atom. The van der Waals surface area contributed by atoms with E-state index in [9.17, 15) is 9.18 Å². The van der Waals surface area contributed by atoms with Gasteiger partial charge in [0.15, 0.2) is 0 Å². The number of carbonyl (C=O) groups is 1. The van der Waals surface area contributed by atoms with Crippen LogP contribution in [-0.2, 0) is 11.2 Å². The van der Waals surface area contributed by atoms with Gasteiger partial charge in [-0.2, -0.15) is 0 Å². The fourth-order valence-corrected chi connectivity index (χ4v) is 3.61. The number of carboxylic acid groups (broad SMARTS) is 1. The average Bonchev–Trinajstić information content (AvgIpc) is 3.26. The number of rotatable bonds is 4. The summed E-state index contributed by atoms with van der Waals surface area (Å²) in [5, 5.41) is 12.2. The first-order valence-corrected chi connectivity index (χ1v) is 8.13. The van der Waals surface area contributed by atoms with E-state index < -0.39 is 5.97 Å². The third-order valence-electron chi connectivity index (χ3n) is 5.05. The number of nitrogens with zero attached hydrogens (tertiary/aromatic N) is 2. The molecule has 1 fully saturated rings. The van der Waals surface area contributed by atoms with Gasteiger partial charge < -0.3 is 10.4 Å². The fraction of sp³-hybridized carbons (Fsp3) is 0.389. The molecule has 0 aliphatic heterocycles. The molecule has 0 unspecified atom stereocenters. The smallest absolute Gasteiger partial charge is 0.307 e. The van der Waals surface area contributed by atoms with Crippen molar-refractivity contribution < 1.29 is 14.3 Å². The molecule has 124 valence electrons. The van der Waals surface area contributed by atoms with Crippen LogP contribution in [0.5, 0.6) is 0 Å². The number of aryl methyl sites for hydroxylation is 1. The van der Waals surface area contributed by atoms with Crippen LogP contribution in [-0.4, -0.2) is 21.0 Å². The first-order valence-electron chi connectivity index (χ1n) is 8.13. The number of halogens is 1. The van der Waals surface area contributed by atoms with Gasteiger partial charge in [0.05, 0.1) is 30.0 Å². The molecule has 5 nitrogen and oxygen atoms in total. The van der Waals surface area contributed by atoms with Crippen molar-refractivity contribution in [3.05, 3.63) is 52.7 Å². The van der Waals surface area contributed by atoms with Gasteiger partial charge >= 0.3 is 5.97 Å². The normalized spacial score (nSPS) is 24.5. The fourth-order valence-electron chi connectivity index (χ4n) is 3.61. The molecule has 0 saturated heterocycles. The Kier molecular flexibility index (Phi) is 3.48. The van der Waals surface area contributed by atoms with Gasteiger partial charge in [-0.15, -0.1) is 0 Å². The Balaban J connectivity index is 1.50. The van der Waals surface area contributed by atoms with E-state index in [1.54, 1.807) is 12.4 Å². The van der Waals surface area contributed by atoms with E-state index in [4.69, 9.17) is 5.11 Å². The molecule has 1 aromatic heterocycles. The highest BCUT2D eigenvalue weighted by Crippen LogP contribution is 2.46. The lowest BCUT2D eigenvalue weighted by Crippen LogP contribution is -2.11. The Morgan fingerprint density at radius 2 is 2.17 bits per heavy atom. The highest BCUT2D eigenvalue weighted by atomic mass is 19.1. The average molecular weight is 327 g/mol. The van der Waals surface area contributed by atoms with Gasteiger partial charge in [-0.25, -0.2) is 9.37 Å². The van der Waals surface area contributed by atoms with Crippen LogP contribution in [0.3, 0.4) is 0 Å². The van der Waals surface area contributed by atoms with Gasteiger partial charge in [-0.3, -0.25) is 9.78 Å². The van der Waals surface area contributed by atoms with E-state index in [2.05, 4.69) is 15.3 Å². The Bertz CT molecular complexity index is 807. The molecule has 1 heterocycles. The second-order valence-electron chi connectivity index (χ2n) is 6.61. The Labute approximate surface area is 139 Å². The third kappa shape index (κ3) is 2.52. The van der Waals surface area contributed by atoms with E-state index in [0.29, 0.717) is 17.9 Å². The minimum absolute atomic E-state index is 0.0312. The summed E-state index contributed by atoms with van der Waals surface area (Å²) in [6, 6.07) is 3.23. The predicted octanol–water partition coefficient (Wildman–Crippen LogP) is 3.21. The van der Waals surface area contributed by atoms with Gasteiger partial charge in [-0.05, 0) is 43.4 Å². The Morgan fingerprint density at radius 1 is 1.33 bits per heavy atom. The second-order valence-corrected chi connectivity index (χ2v) is 6.61. The van der Waals surface area contributed by atoms with Crippen molar-refractivity contribution in [2.45, 2.75) is 38.1 Å². The lowest BCUT2D eigenvalue weighted by Gasteiger charge is -2.16. The number of hydrogen-bond donors (Lipinski definition) is 2. The standard InChI is InChI=1S/C18H18FN3O2/c1-9-2-4-13(19)17-10(9)3-5-14(17)22-16-8-20-15(7-21-16)11-6-12(11)18(23)24/h2,4,7-8,11-12,14H,3,5-6H2,1H3,(H,21,22)(H,23,24)/t11-,12-,14+/m0/s1. The molecule has 2 N–H and O–H groups in total. The molecule has 2 aromatic rings. The first-order chi connectivity index (χ1) is 11.5. The molecule has 24 heavy (non-hydrogen) atoms. The van der Waals surface area contributed by atoms with E-state index in [-0.39, 0.29) is 23.7 Å². The maximum Gasteiger partial charge on any atom is 0.307 e. The summed E-state index contributed by atoms with van der Waals surface area (Å²) in [6.45, 7) is 2.00. The molecular weight excluding hydrogens is 309 g/mol. The number of anilines is 1. The van der Waals surface area contributed by atoms with Crippen molar-refractivity contribution in [2.24, 2.45) is 5.92 Å². The van der Waals surface area contributed by atoms with E-state index >= 15 is 0 Å².